The lowest BCUT2D eigenvalue weighted by atomic mass is 10.0. The highest BCUT2D eigenvalue weighted by atomic mass is 15.0. The van der Waals surface area contributed by atoms with Crippen molar-refractivity contribution >= 4 is 5.69 Å². The lowest BCUT2D eigenvalue weighted by Gasteiger charge is -2.19. The first kappa shape index (κ1) is 11.0. The summed E-state index contributed by atoms with van der Waals surface area (Å²) < 4.78 is 0. The van der Waals surface area contributed by atoms with Crippen LogP contribution in [0.2, 0.25) is 0 Å². The number of rotatable bonds is 3. The van der Waals surface area contributed by atoms with Gasteiger partial charge in [-0.3, -0.25) is 0 Å². The van der Waals surface area contributed by atoms with Crippen LogP contribution in [0.4, 0.5) is 5.69 Å². The zero-order valence-electron chi connectivity index (χ0n) is 9.61. The van der Waals surface area contributed by atoms with Crippen molar-refractivity contribution < 1.29 is 0 Å². The number of para-hydroxylation sites is 1. The van der Waals surface area contributed by atoms with E-state index in [0.29, 0.717) is 0 Å². The zero-order chi connectivity index (χ0) is 11.4. The summed E-state index contributed by atoms with van der Waals surface area (Å²) in [7, 11) is 0. The number of nitrogens with two attached hydrogens (primary N) is 1. The second-order valence-corrected chi connectivity index (χ2v) is 4.12. The summed E-state index contributed by atoms with van der Waals surface area (Å²) in [6, 6.07) is 8.20. The van der Waals surface area contributed by atoms with Crippen LogP contribution in [-0.4, -0.2) is 6.17 Å². The molecule has 1 aromatic rings. The van der Waals surface area contributed by atoms with Gasteiger partial charge in [-0.25, -0.2) is 0 Å². The van der Waals surface area contributed by atoms with Gasteiger partial charge in [0.2, 0.25) is 0 Å². The smallest absolute Gasteiger partial charge is 0.100 e. The molecule has 84 valence electrons. The molecule has 0 saturated heterocycles. The molecule has 1 unspecified atom stereocenters. The van der Waals surface area contributed by atoms with E-state index in [0.717, 1.165) is 18.5 Å². The minimum atomic E-state index is -0.113. The third-order valence-electron chi connectivity index (χ3n) is 2.84. The Labute approximate surface area is 96.9 Å². The lowest BCUT2D eigenvalue weighted by molar-refractivity contribution is 0.868. The number of benzene rings is 1. The second kappa shape index (κ2) is 4.99. The Morgan fingerprint density at radius 1 is 1.25 bits per heavy atom. The van der Waals surface area contributed by atoms with Crippen LogP contribution in [0.5, 0.6) is 0 Å². The van der Waals surface area contributed by atoms with Crippen LogP contribution < -0.4 is 11.1 Å². The van der Waals surface area contributed by atoms with Crippen molar-refractivity contribution in [3.8, 4) is 0 Å². The van der Waals surface area contributed by atoms with E-state index in [4.69, 9.17) is 5.73 Å². The first-order valence-corrected chi connectivity index (χ1v) is 5.72. The molecule has 0 spiro atoms. The highest BCUT2D eigenvalue weighted by molar-refractivity contribution is 5.52. The van der Waals surface area contributed by atoms with Gasteiger partial charge < -0.3 is 11.1 Å². The fourth-order valence-electron chi connectivity index (χ4n) is 1.85. The summed E-state index contributed by atoms with van der Waals surface area (Å²) in [5.74, 6) is 0. The summed E-state index contributed by atoms with van der Waals surface area (Å²) in [6.07, 6.45) is 8.59. The summed E-state index contributed by atoms with van der Waals surface area (Å²) in [5, 5.41) is 3.34. The van der Waals surface area contributed by atoms with Gasteiger partial charge in [-0.15, -0.1) is 0 Å². The van der Waals surface area contributed by atoms with Crippen molar-refractivity contribution in [3.63, 3.8) is 0 Å². The molecule has 1 atom stereocenters. The highest BCUT2D eigenvalue weighted by Crippen LogP contribution is 2.17. The van der Waals surface area contributed by atoms with Crippen LogP contribution in [0.15, 0.2) is 48.1 Å². The minimum absolute atomic E-state index is 0.113. The topological polar surface area (TPSA) is 38.0 Å². The van der Waals surface area contributed by atoms with Crippen molar-refractivity contribution in [2.24, 2.45) is 5.73 Å². The minimum Gasteiger partial charge on any atom is -0.366 e. The number of hydrogen-bond acceptors (Lipinski definition) is 2. The van der Waals surface area contributed by atoms with E-state index in [-0.39, 0.29) is 6.17 Å². The maximum absolute atomic E-state index is 6.12. The third kappa shape index (κ3) is 2.52. The molecule has 0 amide bonds. The van der Waals surface area contributed by atoms with Crippen LogP contribution in [0, 0.1) is 6.92 Å². The van der Waals surface area contributed by atoms with Gasteiger partial charge in [0.1, 0.15) is 6.17 Å². The predicted molar refractivity (Wildman–Crippen MR) is 69.2 cm³/mol. The number of hydrogen-bond donors (Lipinski definition) is 2. The van der Waals surface area contributed by atoms with Gasteiger partial charge >= 0.3 is 0 Å². The van der Waals surface area contributed by atoms with Crippen molar-refractivity contribution in [2.75, 3.05) is 5.32 Å². The molecule has 1 aromatic carbocycles. The molecule has 2 heteroatoms. The number of anilines is 1. The first-order chi connectivity index (χ1) is 7.77. The number of allylic oxidation sites excluding steroid dienone is 2. The molecule has 1 aliphatic carbocycles. The summed E-state index contributed by atoms with van der Waals surface area (Å²) in [5.41, 5.74) is 9.62. The van der Waals surface area contributed by atoms with E-state index in [1.54, 1.807) is 0 Å². The Balaban J connectivity index is 2.07. The largest absolute Gasteiger partial charge is 0.366 e. The Kier molecular flexibility index (Phi) is 3.42. The molecular formula is C14H18N2. The normalized spacial score (nSPS) is 16.8. The summed E-state index contributed by atoms with van der Waals surface area (Å²) in [4.78, 5) is 0. The van der Waals surface area contributed by atoms with Crippen molar-refractivity contribution in [3.05, 3.63) is 53.6 Å². The van der Waals surface area contributed by atoms with Gasteiger partial charge in [0.25, 0.3) is 0 Å². The molecular weight excluding hydrogens is 196 g/mol. The van der Waals surface area contributed by atoms with Crippen molar-refractivity contribution in [2.45, 2.75) is 25.9 Å². The highest BCUT2D eigenvalue weighted by Gasteiger charge is 2.08. The first-order valence-electron chi connectivity index (χ1n) is 5.72. The molecule has 3 N–H and O–H groups in total. The van der Waals surface area contributed by atoms with Gasteiger partial charge in [0.05, 0.1) is 0 Å². The van der Waals surface area contributed by atoms with E-state index in [9.17, 15) is 0 Å². The lowest BCUT2D eigenvalue weighted by Crippen LogP contribution is -2.31. The Morgan fingerprint density at radius 2 is 2.06 bits per heavy atom. The average Bonchev–Trinajstić information content (AvgIpc) is 2.33. The quantitative estimate of drug-likeness (QED) is 0.759. The molecule has 2 nitrogen and oxygen atoms in total. The Morgan fingerprint density at radius 3 is 2.75 bits per heavy atom. The van der Waals surface area contributed by atoms with Crippen molar-refractivity contribution in [1.29, 1.82) is 0 Å². The van der Waals surface area contributed by atoms with Crippen LogP contribution in [0.25, 0.3) is 0 Å². The average molecular weight is 214 g/mol. The monoisotopic (exact) mass is 214 g/mol. The maximum atomic E-state index is 6.12. The van der Waals surface area contributed by atoms with Crippen LogP contribution in [0.1, 0.15) is 18.4 Å². The summed E-state index contributed by atoms with van der Waals surface area (Å²) in [6.45, 7) is 2.08. The predicted octanol–water partition coefficient (Wildman–Crippen LogP) is 2.97. The third-order valence-corrected chi connectivity index (χ3v) is 2.84. The van der Waals surface area contributed by atoms with Gasteiger partial charge in [-0.2, -0.15) is 0 Å². The van der Waals surface area contributed by atoms with Crippen LogP contribution >= 0.6 is 0 Å². The molecule has 0 aliphatic heterocycles. The molecule has 0 heterocycles. The number of aryl methyl sites for hydroxylation is 1. The zero-order valence-corrected chi connectivity index (χ0v) is 9.61. The van der Waals surface area contributed by atoms with E-state index in [2.05, 4.69) is 42.6 Å². The van der Waals surface area contributed by atoms with E-state index in [1.807, 2.05) is 12.1 Å². The molecule has 0 radical (unpaired) electrons. The molecule has 0 bridgehead atoms. The molecule has 0 saturated carbocycles. The summed E-state index contributed by atoms with van der Waals surface area (Å²) >= 11 is 0. The SMILES string of the molecule is Cc1ccccc1NC(N)C1=CCCC=C1. The van der Waals surface area contributed by atoms with Crippen LogP contribution in [-0.2, 0) is 0 Å². The molecule has 0 fully saturated rings. The number of nitrogens with one attached hydrogen (secondary N) is 1. The fraction of sp³-hybridized carbons (Fsp3) is 0.286. The Hall–Kier alpha value is -1.54. The van der Waals surface area contributed by atoms with Gasteiger partial charge in [0, 0.05) is 5.69 Å². The second-order valence-electron chi connectivity index (χ2n) is 4.12. The van der Waals surface area contributed by atoms with E-state index in [1.165, 1.54) is 11.1 Å². The standard InChI is InChI=1S/C14H18N2/c1-11-7-5-6-10-13(11)16-14(15)12-8-3-2-4-9-12/h3,5-10,14,16H,2,4,15H2,1H3. The van der Waals surface area contributed by atoms with Gasteiger partial charge in [-0.05, 0) is 37.0 Å². The van der Waals surface area contributed by atoms with Crippen molar-refractivity contribution in [1.82, 2.24) is 0 Å². The molecule has 1 aliphatic rings. The maximum Gasteiger partial charge on any atom is 0.100 e. The molecule has 16 heavy (non-hydrogen) atoms. The Bertz CT molecular complexity index is 418. The fourth-order valence-corrected chi connectivity index (χ4v) is 1.85. The van der Waals surface area contributed by atoms with Gasteiger partial charge in [0.15, 0.2) is 0 Å². The molecule has 0 aromatic heterocycles. The molecule has 2 rings (SSSR count). The van der Waals surface area contributed by atoms with E-state index < -0.39 is 0 Å². The van der Waals surface area contributed by atoms with Gasteiger partial charge in [-0.1, -0.05) is 36.4 Å². The van der Waals surface area contributed by atoms with Crippen LogP contribution in [0.3, 0.4) is 0 Å². The van der Waals surface area contributed by atoms with E-state index >= 15 is 0 Å².